The minimum absolute atomic E-state index is 0.100. The lowest BCUT2D eigenvalue weighted by molar-refractivity contribution is -0.305. The van der Waals surface area contributed by atoms with Crippen LogP contribution in [-0.4, -0.2) is 99.6 Å². The number of aliphatic hydroxyl groups excluding tert-OH is 5. The number of esters is 1. The molecule has 86 heavy (non-hydrogen) atoms. The average Bonchev–Trinajstić information content (AvgIpc) is 3.38. The van der Waals surface area contributed by atoms with E-state index < -0.39 is 67.4 Å². The molecule has 0 spiro atoms. The zero-order valence-corrected chi connectivity index (χ0v) is 55.4. The maximum absolute atomic E-state index is 13.5. The van der Waals surface area contributed by atoms with Crippen LogP contribution in [0, 0.1) is 0 Å². The molecule has 1 fully saturated rings. The Bertz CT molecular complexity index is 1720. The maximum atomic E-state index is 13.5. The molecule has 8 atom stereocenters. The number of rotatable bonds is 61. The summed E-state index contributed by atoms with van der Waals surface area (Å²) < 4.78 is 17.7. The van der Waals surface area contributed by atoms with E-state index >= 15 is 0 Å². The Labute approximate surface area is 527 Å². The lowest BCUT2D eigenvalue weighted by Gasteiger charge is -2.41. The van der Waals surface area contributed by atoms with Crippen LogP contribution in [0.25, 0.3) is 0 Å². The summed E-state index contributed by atoms with van der Waals surface area (Å²) in [5.74, 6) is -1.21. The van der Waals surface area contributed by atoms with Crippen LogP contribution in [0.4, 0.5) is 0 Å². The van der Waals surface area contributed by atoms with Crippen molar-refractivity contribution in [3.8, 4) is 0 Å². The predicted molar refractivity (Wildman–Crippen MR) is 361 cm³/mol. The Morgan fingerprint density at radius 1 is 0.453 bits per heavy atom. The van der Waals surface area contributed by atoms with E-state index in [9.17, 15) is 35.1 Å². The fourth-order valence-electron chi connectivity index (χ4n) is 10.8. The molecular formula is C75H133NO10. The first-order chi connectivity index (χ1) is 42.2. The molecule has 1 saturated heterocycles. The van der Waals surface area contributed by atoms with Gasteiger partial charge in [0.05, 0.1) is 25.4 Å². The van der Waals surface area contributed by atoms with Gasteiger partial charge in [0.1, 0.15) is 24.4 Å². The number of hydrogen-bond acceptors (Lipinski definition) is 10. The Balaban J connectivity index is 2.59. The van der Waals surface area contributed by atoms with Gasteiger partial charge in [0.15, 0.2) is 12.4 Å². The second-order valence-electron chi connectivity index (χ2n) is 24.6. The van der Waals surface area contributed by atoms with E-state index in [2.05, 4.69) is 99.0 Å². The summed E-state index contributed by atoms with van der Waals surface area (Å²) in [6.45, 7) is 5.76. The van der Waals surface area contributed by atoms with Gasteiger partial charge in [-0.15, -0.1) is 0 Å². The third-order valence-corrected chi connectivity index (χ3v) is 16.5. The standard InChI is InChI=1S/C75H133NO10/c1-4-7-10-13-16-19-22-25-27-29-31-33-34-35-37-38-40-42-44-47-50-53-56-59-62-68(79)74(83)76-66(67(78)61-58-55-52-49-46-24-21-18-15-12-9-6-3)65-84-75-73(72(82)71(81)69(64-77)85-75)86-70(80)63-60-57-54-51-48-45-43-41-39-36-32-30-28-26-23-20-17-14-11-8-5-2/h16-17,19-20,25-28,32,36,41,43,58,61,66-69,71-73,75,77-79,81-82H,4-15,18,21-24,29-31,33-35,37-40,42,44-57,59-60,62-65H2,1-3H3,(H,76,83)/b19-16-,20-17-,27-25-,28-26-,36-32-,43-41-,61-58+. The lowest BCUT2D eigenvalue weighted by Crippen LogP contribution is -2.61. The molecular weight excluding hydrogens is 1070 g/mol. The smallest absolute Gasteiger partial charge is 0.306 e. The minimum Gasteiger partial charge on any atom is -0.454 e. The molecule has 0 radical (unpaired) electrons. The quantitative estimate of drug-likeness (QED) is 0.0195. The highest BCUT2D eigenvalue weighted by Crippen LogP contribution is 2.26. The summed E-state index contributed by atoms with van der Waals surface area (Å²) in [4.78, 5) is 26.7. The van der Waals surface area contributed by atoms with Crippen molar-refractivity contribution >= 4 is 11.9 Å². The summed E-state index contributed by atoms with van der Waals surface area (Å²) in [6, 6.07) is -1.03. The van der Waals surface area contributed by atoms with Gasteiger partial charge in [-0.3, -0.25) is 9.59 Å². The van der Waals surface area contributed by atoms with Crippen molar-refractivity contribution in [2.45, 2.75) is 365 Å². The van der Waals surface area contributed by atoms with Gasteiger partial charge in [-0.1, -0.05) is 292 Å². The number of carbonyl (C=O) groups excluding carboxylic acids is 2. The fourth-order valence-corrected chi connectivity index (χ4v) is 10.8. The molecule has 1 amide bonds. The van der Waals surface area contributed by atoms with Crippen molar-refractivity contribution in [2.24, 2.45) is 0 Å². The zero-order valence-electron chi connectivity index (χ0n) is 55.4. The first-order valence-corrected chi connectivity index (χ1v) is 35.9. The second-order valence-corrected chi connectivity index (χ2v) is 24.6. The number of nitrogens with one attached hydrogen (secondary N) is 1. The van der Waals surface area contributed by atoms with Gasteiger partial charge in [0.2, 0.25) is 5.91 Å². The minimum atomic E-state index is -1.63. The number of hydrogen-bond donors (Lipinski definition) is 6. The molecule has 0 aliphatic carbocycles. The highest BCUT2D eigenvalue weighted by Gasteiger charge is 2.47. The van der Waals surface area contributed by atoms with Crippen LogP contribution in [-0.2, 0) is 23.8 Å². The van der Waals surface area contributed by atoms with E-state index in [0.717, 1.165) is 96.3 Å². The number of allylic oxidation sites excluding steroid dienone is 13. The van der Waals surface area contributed by atoms with Crippen LogP contribution in [0.1, 0.15) is 316 Å². The number of unbranched alkanes of at least 4 members (excludes halogenated alkanes) is 35. The Morgan fingerprint density at radius 3 is 1.22 bits per heavy atom. The van der Waals surface area contributed by atoms with E-state index in [1.165, 1.54) is 173 Å². The topological polar surface area (TPSA) is 175 Å². The molecule has 11 nitrogen and oxygen atoms in total. The lowest BCUT2D eigenvalue weighted by atomic mass is 9.99. The predicted octanol–water partition coefficient (Wildman–Crippen LogP) is 18.5. The largest absolute Gasteiger partial charge is 0.454 e. The first-order valence-electron chi connectivity index (χ1n) is 35.9. The van der Waals surface area contributed by atoms with Crippen LogP contribution >= 0.6 is 0 Å². The SMILES string of the molecule is CCCCC/C=C\C/C=C\C/C=C\C/C=C\CCCCCCCC(=O)OC1C(OCC(NC(=O)C(O)CCCCCCCCCCCCCCCC/C=C\C/C=C\CCCCC)C(O)/C=C/CCCCCCCCCCCC)OC(CO)C(O)C1O. The normalized spacial score (nSPS) is 18.8. The molecule has 6 N–H and O–H groups in total. The molecule has 11 heteroatoms. The van der Waals surface area contributed by atoms with Crippen LogP contribution < -0.4 is 5.32 Å². The van der Waals surface area contributed by atoms with Gasteiger partial charge < -0.3 is 45.1 Å². The van der Waals surface area contributed by atoms with Gasteiger partial charge >= 0.3 is 5.97 Å². The molecule has 498 valence electrons. The fraction of sp³-hybridized carbons (Fsp3) is 0.787. The molecule has 0 saturated carbocycles. The van der Waals surface area contributed by atoms with Crippen molar-refractivity contribution in [2.75, 3.05) is 13.2 Å². The van der Waals surface area contributed by atoms with Crippen molar-refractivity contribution in [1.82, 2.24) is 5.32 Å². The summed E-state index contributed by atoms with van der Waals surface area (Å²) in [5.41, 5.74) is 0. The van der Waals surface area contributed by atoms with E-state index in [0.29, 0.717) is 12.8 Å². The Kier molecular flexibility index (Phi) is 58.3. The first kappa shape index (κ1) is 80.9. The summed E-state index contributed by atoms with van der Waals surface area (Å²) in [7, 11) is 0. The Morgan fingerprint density at radius 2 is 0.802 bits per heavy atom. The molecule has 0 aromatic heterocycles. The number of carbonyl (C=O) groups is 2. The van der Waals surface area contributed by atoms with Crippen LogP contribution in [0.5, 0.6) is 0 Å². The van der Waals surface area contributed by atoms with Crippen LogP contribution in [0.2, 0.25) is 0 Å². The summed E-state index contributed by atoms with van der Waals surface area (Å²) >= 11 is 0. The third kappa shape index (κ3) is 48.7. The molecule has 0 aromatic rings. The van der Waals surface area contributed by atoms with E-state index in [1.807, 2.05) is 6.08 Å². The highest BCUT2D eigenvalue weighted by molar-refractivity contribution is 5.80. The summed E-state index contributed by atoms with van der Waals surface area (Å²) in [5, 5.41) is 57.2. The van der Waals surface area contributed by atoms with Crippen molar-refractivity contribution in [3.63, 3.8) is 0 Å². The second kappa shape index (κ2) is 62.1. The van der Waals surface area contributed by atoms with Gasteiger partial charge in [-0.25, -0.2) is 0 Å². The molecule has 8 unspecified atom stereocenters. The number of aliphatic hydroxyl groups is 5. The van der Waals surface area contributed by atoms with E-state index in [-0.39, 0.29) is 19.4 Å². The third-order valence-electron chi connectivity index (χ3n) is 16.5. The van der Waals surface area contributed by atoms with Gasteiger partial charge in [-0.2, -0.15) is 0 Å². The van der Waals surface area contributed by atoms with Crippen LogP contribution in [0.3, 0.4) is 0 Å². The molecule has 1 aliphatic rings. The van der Waals surface area contributed by atoms with Gasteiger partial charge in [0, 0.05) is 6.42 Å². The van der Waals surface area contributed by atoms with Gasteiger partial charge in [-0.05, 0) is 103 Å². The number of amides is 1. The van der Waals surface area contributed by atoms with Gasteiger partial charge in [0.25, 0.3) is 0 Å². The summed E-state index contributed by atoms with van der Waals surface area (Å²) in [6.07, 6.45) is 71.9. The highest BCUT2D eigenvalue weighted by atomic mass is 16.7. The van der Waals surface area contributed by atoms with Crippen LogP contribution in [0.15, 0.2) is 85.1 Å². The average molecular weight is 1210 g/mol. The molecule has 1 aliphatic heterocycles. The zero-order chi connectivity index (χ0) is 62.4. The molecule has 1 rings (SSSR count). The monoisotopic (exact) mass is 1210 g/mol. The molecule has 0 bridgehead atoms. The molecule has 1 heterocycles. The maximum Gasteiger partial charge on any atom is 0.306 e. The van der Waals surface area contributed by atoms with E-state index in [1.54, 1.807) is 6.08 Å². The van der Waals surface area contributed by atoms with Crippen molar-refractivity contribution in [3.05, 3.63) is 85.1 Å². The van der Waals surface area contributed by atoms with Crippen molar-refractivity contribution < 1.29 is 49.3 Å². The van der Waals surface area contributed by atoms with Crippen molar-refractivity contribution in [1.29, 1.82) is 0 Å². The Hall–Kier alpha value is -3.16. The molecule has 0 aromatic carbocycles. The van der Waals surface area contributed by atoms with E-state index in [4.69, 9.17) is 14.2 Å². The number of ether oxygens (including phenoxy) is 3.